The Morgan fingerprint density at radius 3 is 2.63 bits per heavy atom. The zero-order valence-electron chi connectivity index (χ0n) is 11.5. The summed E-state index contributed by atoms with van der Waals surface area (Å²) in [6.45, 7) is 2.24. The molecular formula is C16H23ClFN. The van der Waals surface area contributed by atoms with Crippen molar-refractivity contribution >= 4 is 11.6 Å². The summed E-state index contributed by atoms with van der Waals surface area (Å²) >= 11 is 6.14. The highest BCUT2D eigenvalue weighted by atomic mass is 35.5. The number of hydrogen-bond acceptors (Lipinski definition) is 1. The average molecular weight is 284 g/mol. The summed E-state index contributed by atoms with van der Waals surface area (Å²) in [5.74, 6) is 1.04. The number of nitrogens with two attached hydrogens (primary N) is 1. The van der Waals surface area contributed by atoms with Crippen LogP contribution in [0.4, 0.5) is 4.39 Å². The van der Waals surface area contributed by atoms with E-state index < -0.39 is 0 Å². The van der Waals surface area contributed by atoms with E-state index in [2.05, 4.69) is 6.92 Å². The molecule has 106 valence electrons. The third-order valence-corrected chi connectivity index (χ3v) is 4.76. The Morgan fingerprint density at radius 2 is 2.00 bits per heavy atom. The molecule has 0 saturated heterocycles. The molecule has 19 heavy (non-hydrogen) atoms. The van der Waals surface area contributed by atoms with Crippen LogP contribution in [0.15, 0.2) is 18.2 Å². The molecule has 0 spiro atoms. The molecule has 1 aromatic carbocycles. The molecule has 0 aliphatic heterocycles. The van der Waals surface area contributed by atoms with E-state index in [1.165, 1.54) is 37.8 Å². The molecule has 0 heterocycles. The Kier molecular flexibility index (Phi) is 5.23. The maximum atomic E-state index is 13.3. The summed E-state index contributed by atoms with van der Waals surface area (Å²) in [5.41, 5.74) is 7.07. The van der Waals surface area contributed by atoms with E-state index >= 15 is 0 Å². The lowest BCUT2D eigenvalue weighted by Crippen LogP contribution is -2.26. The normalized spacial score (nSPS) is 25.3. The van der Waals surface area contributed by atoms with Gasteiger partial charge in [0.25, 0.3) is 0 Å². The molecule has 0 aromatic heterocycles. The summed E-state index contributed by atoms with van der Waals surface area (Å²) in [6, 6.07) is 4.35. The van der Waals surface area contributed by atoms with Crippen LogP contribution >= 0.6 is 11.6 Å². The number of benzene rings is 1. The lowest BCUT2D eigenvalue weighted by molar-refractivity contribution is 0.234. The smallest absolute Gasteiger partial charge is 0.123 e. The van der Waals surface area contributed by atoms with Gasteiger partial charge in [0.15, 0.2) is 0 Å². The second kappa shape index (κ2) is 6.71. The SMILES string of the molecule is CCCC1CCC(C(N)c2cc(F)ccc2Cl)CC1. The minimum atomic E-state index is -0.255. The summed E-state index contributed by atoms with van der Waals surface area (Å²) in [7, 11) is 0. The molecule has 0 bridgehead atoms. The van der Waals surface area contributed by atoms with Crippen molar-refractivity contribution in [2.75, 3.05) is 0 Å². The highest BCUT2D eigenvalue weighted by Gasteiger charge is 2.27. The van der Waals surface area contributed by atoms with Crippen molar-refractivity contribution in [2.45, 2.75) is 51.5 Å². The third kappa shape index (κ3) is 3.70. The molecule has 0 radical (unpaired) electrons. The molecule has 1 atom stereocenters. The molecule has 1 aromatic rings. The van der Waals surface area contributed by atoms with E-state index in [9.17, 15) is 4.39 Å². The Balaban J connectivity index is 2.01. The van der Waals surface area contributed by atoms with Gasteiger partial charge in [-0.25, -0.2) is 4.39 Å². The second-order valence-electron chi connectivity index (χ2n) is 5.76. The summed E-state index contributed by atoms with van der Waals surface area (Å²) in [5, 5.41) is 0.588. The number of halogens is 2. The van der Waals surface area contributed by atoms with Gasteiger partial charge in [0, 0.05) is 11.1 Å². The summed E-state index contributed by atoms with van der Waals surface area (Å²) < 4.78 is 13.3. The van der Waals surface area contributed by atoms with Gasteiger partial charge in [-0.1, -0.05) is 44.2 Å². The minimum absolute atomic E-state index is 0.134. The fourth-order valence-corrected chi connectivity index (χ4v) is 3.51. The Labute approximate surface area is 120 Å². The van der Waals surface area contributed by atoms with Crippen molar-refractivity contribution in [2.24, 2.45) is 17.6 Å². The van der Waals surface area contributed by atoms with Crippen LogP contribution in [0.3, 0.4) is 0 Å². The van der Waals surface area contributed by atoms with Gasteiger partial charge < -0.3 is 5.73 Å². The van der Waals surface area contributed by atoms with Crippen LogP contribution in [0.5, 0.6) is 0 Å². The van der Waals surface area contributed by atoms with Crippen molar-refractivity contribution in [3.8, 4) is 0 Å². The van der Waals surface area contributed by atoms with Gasteiger partial charge in [-0.15, -0.1) is 0 Å². The first-order valence-electron chi connectivity index (χ1n) is 7.32. The standard InChI is InChI=1S/C16H23ClFN/c1-2-3-11-4-6-12(7-5-11)16(19)14-10-13(18)8-9-15(14)17/h8-12,16H,2-7,19H2,1H3. The molecule has 1 aliphatic carbocycles. The van der Waals surface area contributed by atoms with E-state index in [-0.39, 0.29) is 11.9 Å². The van der Waals surface area contributed by atoms with Crippen molar-refractivity contribution in [1.82, 2.24) is 0 Å². The van der Waals surface area contributed by atoms with E-state index in [0.29, 0.717) is 10.9 Å². The zero-order chi connectivity index (χ0) is 13.8. The van der Waals surface area contributed by atoms with Gasteiger partial charge in [-0.2, -0.15) is 0 Å². The van der Waals surface area contributed by atoms with Gasteiger partial charge in [0.05, 0.1) is 0 Å². The molecule has 2 rings (SSSR count). The largest absolute Gasteiger partial charge is 0.324 e. The van der Waals surface area contributed by atoms with Crippen LogP contribution in [-0.2, 0) is 0 Å². The second-order valence-corrected chi connectivity index (χ2v) is 6.17. The van der Waals surface area contributed by atoms with Crippen LogP contribution in [-0.4, -0.2) is 0 Å². The molecule has 1 aliphatic rings. The molecule has 1 unspecified atom stereocenters. The van der Waals surface area contributed by atoms with E-state index in [1.54, 1.807) is 6.07 Å². The summed E-state index contributed by atoms with van der Waals surface area (Å²) in [4.78, 5) is 0. The quantitative estimate of drug-likeness (QED) is 0.819. The van der Waals surface area contributed by atoms with Gasteiger partial charge in [-0.3, -0.25) is 0 Å². The van der Waals surface area contributed by atoms with Crippen LogP contribution < -0.4 is 5.73 Å². The molecule has 1 fully saturated rings. The van der Waals surface area contributed by atoms with Crippen LogP contribution in [0.1, 0.15) is 57.1 Å². The van der Waals surface area contributed by atoms with Crippen LogP contribution in [0.25, 0.3) is 0 Å². The van der Waals surface area contributed by atoms with Gasteiger partial charge in [-0.05, 0) is 48.4 Å². The van der Waals surface area contributed by atoms with Gasteiger partial charge >= 0.3 is 0 Å². The molecule has 0 amide bonds. The van der Waals surface area contributed by atoms with Crippen molar-refractivity contribution in [3.63, 3.8) is 0 Å². The van der Waals surface area contributed by atoms with E-state index in [0.717, 1.165) is 24.3 Å². The Bertz CT molecular complexity index is 413. The zero-order valence-corrected chi connectivity index (χ0v) is 12.3. The first-order valence-corrected chi connectivity index (χ1v) is 7.70. The molecule has 1 saturated carbocycles. The highest BCUT2D eigenvalue weighted by Crippen LogP contribution is 2.39. The lowest BCUT2D eigenvalue weighted by Gasteiger charge is -2.32. The first kappa shape index (κ1) is 14.8. The fourth-order valence-electron chi connectivity index (χ4n) is 3.27. The highest BCUT2D eigenvalue weighted by molar-refractivity contribution is 6.31. The maximum Gasteiger partial charge on any atom is 0.123 e. The van der Waals surface area contributed by atoms with Gasteiger partial charge in [0.1, 0.15) is 5.82 Å². The molecular weight excluding hydrogens is 261 g/mol. The average Bonchev–Trinajstić information content (AvgIpc) is 2.42. The number of rotatable bonds is 4. The Morgan fingerprint density at radius 1 is 1.32 bits per heavy atom. The third-order valence-electron chi connectivity index (χ3n) is 4.41. The fraction of sp³-hybridized carbons (Fsp3) is 0.625. The van der Waals surface area contributed by atoms with E-state index in [1.807, 2.05) is 0 Å². The minimum Gasteiger partial charge on any atom is -0.324 e. The predicted molar refractivity (Wildman–Crippen MR) is 78.7 cm³/mol. The monoisotopic (exact) mass is 283 g/mol. The van der Waals surface area contributed by atoms with Crippen LogP contribution in [0, 0.1) is 17.7 Å². The van der Waals surface area contributed by atoms with E-state index in [4.69, 9.17) is 17.3 Å². The van der Waals surface area contributed by atoms with Crippen molar-refractivity contribution < 1.29 is 4.39 Å². The maximum absolute atomic E-state index is 13.3. The van der Waals surface area contributed by atoms with Crippen LogP contribution in [0.2, 0.25) is 5.02 Å². The van der Waals surface area contributed by atoms with Gasteiger partial charge in [0.2, 0.25) is 0 Å². The molecule has 3 heteroatoms. The molecule has 1 nitrogen and oxygen atoms in total. The summed E-state index contributed by atoms with van der Waals surface area (Å²) in [6.07, 6.45) is 7.36. The molecule has 2 N–H and O–H groups in total. The topological polar surface area (TPSA) is 26.0 Å². The first-order chi connectivity index (χ1) is 9.11. The van der Waals surface area contributed by atoms with Crippen molar-refractivity contribution in [3.05, 3.63) is 34.6 Å². The Hall–Kier alpha value is -0.600. The number of hydrogen-bond donors (Lipinski definition) is 1. The lowest BCUT2D eigenvalue weighted by atomic mass is 9.76. The predicted octanol–water partition coefficient (Wildman–Crippen LogP) is 5.09. The van der Waals surface area contributed by atoms with Crippen molar-refractivity contribution in [1.29, 1.82) is 0 Å².